The van der Waals surface area contributed by atoms with Gasteiger partial charge in [0.25, 0.3) is 0 Å². The molecule has 9 aromatic rings. The highest BCUT2D eigenvalue weighted by Gasteiger charge is 2.24. The van der Waals surface area contributed by atoms with Crippen LogP contribution >= 0.6 is 0 Å². The molecule has 0 spiro atoms. The van der Waals surface area contributed by atoms with Crippen molar-refractivity contribution < 1.29 is 0 Å². The molecule has 1 aliphatic rings. The Morgan fingerprint density at radius 1 is 0.451 bits per heavy atom. The van der Waals surface area contributed by atoms with E-state index in [0.717, 1.165) is 11.4 Å². The molecule has 0 radical (unpaired) electrons. The van der Waals surface area contributed by atoms with Gasteiger partial charge in [-0.3, -0.25) is 0 Å². The molecule has 9 aromatic carbocycles. The van der Waals surface area contributed by atoms with Gasteiger partial charge in [-0.1, -0.05) is 145 Å². The summed E-state index contributed by atoms with van der Waals surface area (Å²) in [6.45, 7) is 2.16. The Labute approximate surface area is 299 Å². The average Bonchev–Trinajstić information content (AvgIpc) is 3.18. The lowest BCUT2D eigenvalue weighted by Crippen LogP contribution is -2.11. The van der Waals surface area contributed by atoms with Crippen LogP contribution < -0.4 is 4.90 Å². The van der Waals surface area contributed by atoms with E-state index in [1.807, 2.05) is 0 Å². The van der Waals surface area contributed by atoms with Crippen molar-refractivity contribution in [3.63, 3.8) is 0 Å². The van der Waals surface area contributed by atoms with Gasteiger partial charge in [-0.15, -0.1) is 0 Å². The van der Waals surface area contributed by atoms with E-state index in [4.69, 9.17) is 0 Å². The highest BCUT2D eigenvalue weighted by Crippen LogP contribution is 2.51. The number of benzene rings is 9. The number of hydrogen-bond acceptors (Lipinski definition) is 1. The molecule has 0 heterocycles. The maximum atomic E-state index is 2.48. The summed E-state index contributed by atoms with van der Waals surface area (Å²) in [4.78, 5) is 2.48. The van der Waals surface area contributed by atoms with Crippen molar-refractivity contribution in [1.82, 2.24) is 0 Å². The first-order valence-corrected chi connectivity index (χ1v) is 18.5. The number of hydrogen-bond donors (Lipinski definition) is 0. The monoisotopic (exact) mass is 653 g/mol. The van der Waals surface area contributed by atoms with Crippen LogP contribution in [0.2, 0.25) is 0 Å². The zero-order valence-corrected chi connectivity index (χ0v) is 29.0. The largest absolute Gasteiger partial charge is 0.309 e. The highest BCUT2D eigenvalue weighted by molar-refractivity contribution is 6.40. The van der Waals surface area contributed by atoms with Gasteiger partial charge < -0.3 is 4.90 Å². The summed E-state index contributed by atoms with van der Waals surface area (Å²) in [5.41, 5.74) is 10.1. The first-order valence-electron chi connectivity index (χ1n) is 18.5. The zero-order valence-electron chi connectivity index (χ0n) is 29.0. The van der Waals surface area contributed by atoms with Crippen molar-refractivity contribution in [2.24, 2.45) is 0 Å². The molecule has 0 unspecified atom stereocenters. The van der Waals surface area contributed by atoms with Crippen molar-refractivity contribution >= 4 is 89.2 Å². The van der Waals surface area contributed by atoms with E-state index < -0.39 is 0 Å². The van der Waals surface area contributed by atoms with Gasteiger partial charge in [-0.05, 0) is 117 Å². The number of aryl methyl sites for hydroxylation is 1. The summed E-state index contributed by atoms with van der Waals surface area (Å²) in [6.07, 6.45) is 13.4. The third-order valence-corrected chi connectivity index (χ3v) is 11.2. The average molecular weight is 654 g/mol. The van der Waals surface area contributed by atoms with Crippen LogP contribution in [0, 0.1) is 6.92 Å². The zero-order chi connectivity index (χ0) is 33.9. The molecule has 0 saturated heterocycles. The van der Waals surface area contributed by atoms with Gasteiger partial charge in [0, 0.05) is 27.5 Å². The van der Waals surface area contributed by atoms with Gasteiger partial charge in [-0.2, -0.15) is 0 Å². The fraction of sp³-hybridized carbons (Fsp3) is 0.120. The van der Waals surface area contributed by atoms with Crippen LogP contribution in [0.3, 0.4) is 0 Å². The van der Waals surface area contributed by atoms with Crippen LogP contribution in [0.25, 0.3) is 72.1 Å². The number of allylic oxidation sites excluding steroid dienone is 1. The molecule has 0 N–H and O–H groups in total. The fourth-order valence-corrected chi connectivity index (χ4v) is 8.64. The van der Waals surface area contributed by atoms with E-state index in [9.17, 15) is 0 Å². The molecule has 0 aliphatic heterocycles. The third kappa shape index (κ3) is 5.15. The molecule has 244 valence electrons. The predicted octanol–water partition coefficient (Wildman–Crippen LogP) is 14.6. The molecule has 0 bridgehead atoms. The third-order valence-electron chi connectivity index (χ3n) is 11.2. The maximum Gasteiger partial charge on any atom is 0.0619 e. The Kier molecular flexibility index (Phi) is 7.13. The minimum atomic E-state index is 1.14. The number of anilines is 3. The van der Waals surface area contributed by atoms with E-state index in [2.05, 4.69) is 170 Å². The standard InChI is InChI=1S/C50H39N/c1-33-13-26-42(27-14-33)51(43-28-21-35(22-29-43)16-15-34-17-19-37(20-18-34)31-36-7-3-2-4-8-36)50-44-12-6-10-39-23-24-41-32-40-11-5-9-38-25-30-45(50)49(46(38)40)48(41)47(39)44/h5-6,9-32H,2-4,7-8H2,1H3/b16-15+. The van der Waals surface area contributed by atoms with Crippen LogP contribution in [0.4, 0.5) is 17.1 Å². The molecule has 1 heteroatoms. The van der Waals surface area contributed by atoms with Crippen LogP contribution in [0.1, 0.15) is 54.4 Å². The van der Waals surface area contributed by atoms with Crippen LogP contribution in [0.15, 0.2) is 145 Å². The van der Waals surface area contributed by atoms with E-state index in [0.29, 0.717) is 0 Å². The van der Waals surface area contributed by atoms with E-state index in [1.165, 1.54) is 114 Å². The first-order chi connectivity index (χ1) is 25.2. The summed E-state index contributed by atoms with van der Waals surface area (Å²) >= 11 is 0. The maximum absolute atomic E-state index is 2.48. The van der Waals surface area contributed by atoms with Gasteiger partial charge in [0.05, 0.1) is 5.69 Å². The van der Waals surface area contributed by atoms with Crippen molar-refractivity contribution in [2.45, 2.75) is 39.0 Å². The van der Waals surface area contributed by atoms with Crippen LogP contribution in [-0.4, -0.2) is 0 Å². The Balaban J connectivity index is 1.10. The summed E-state index contributed by atoms with van der Waals surface area (Å²) in [6, 6.07) is 52.2. The molecule has 1 nitrogen and oxygen atoms in total. The van der Waals surface area contributed by atoms with Gasteiger partial charge in [0.1, 0.15) is 0 Å². The lowest BCUT2D eigenvalue weighted by molar-refractivity contribution is 0.602. The molecular weight excluding hydrogens is 615 g/mol. The molecule has 10 rings (SSSR count). The second-order valence-electron chi connectivity index (χ2n) is 14.5. The van der Waals surface area contributed by atoms with E-state index in [1.54, 1.807) is 5.57 Å². The Morgan fingerprint density at radius 3 is 1.75 bits per heavy atom. The highest BCUT2D eigenvalue weighted by atomic mass is 15.1. The number of nitrogens with zero attached hydrogens (tertiary/aromatic N) is 1. The quantitative estimate of drug-likeness (QED) is 0.0981. The van der Waals surface area contributed by atoms with Crippen LogP contribution in [0.5, 0.6) is 0 Å². The van der Waals surface area contributed by atoms with Crippen molar-refractivity contribution in [3.05, 3.63) is 167 Å². The minimum Gasteiger partial charge on any atom is -0.309 e. The van der Waals surface area contributed by atoms with Gasteiger partial charge >= 0.3 is 0 Å². The topological polar surface area (TPSA) is 3.24 Å². The Morgan fingerprint density at radius 2 is 1.00 bits per heavy atom. The van der Waals surface area contributed by atoms with E-state index >= 15 is 0 Å². The Bertz CT molecular complexity index is 2740. The lowest BCUT2D eigenvalue weighted by Gasteiger charge is -2.30. The summed E-state index contributed by atoms with van der Waals surface area (Å²) in [5.74, 6) is 0. The molecule has 0 aromatic heterocycles. The fourth-order valence-electron chi connectivity index (χ4n) is 8.64. The number of rotatable bonds is 6. The van der Waals surface area contributed by atoms with Crippen LogP contribution in [-0.2, 0) is 0 Å². The molecular formula is C50H39N. The van der Waals surface area contributed by atoms with E-state index in [-0.39, 0.29) is 0 Å². The summed E-state index contributed by atoms with van der Waals surface area (Å²) < 4.78 is 0. The molecule has 1 fully saturated rings. The van der Waals surface area contributed by atoms with Gasteiger partial charge in [0.15, 0.2) is 0 Å². The summed E-state index contributed by atoms with van der Waals surface area (Å²) in [5, 5.41) is 13.1. The normalized spacial score (nSPS) is 13.9. The molecule has 0 atom stereocenters. The van der Waals surface area contributed by atoms with Crippen molar-refractivity contribution in [1.29, 1.82) is 0 Å². The smallest absolute Gasteiger partial charge is 0.0619 e. The predicted molar refractivity (Wildman–Crippen MR) is 222 cm³/mol. The molecule has 1 aliphatic carbocycles. The second-order valence-corrected chi connectivity index (χ2v) is 14.5. The van der Waals surface area contributed by atoms with Crippen molar-refractivity contribution in [2.75, 3.05) is 4.90 Å². The lowest BCUT2D eigenvalue weighted by atomic mass is 9.85. The SMILES string of the molecule is Cc1ccc(N(c2ccc(/C=C/c3ccc(C=C4CCCCC4)cc3)cc2)c2c3cccc4ccc5cc6cccc7ccc2c(c76)c5c43)cc1. The first kappa shape index (κ1) is 29.9. The van der Waals surface area contributed by atoms with Crippen molar-refractivity contribution in [3.8, 4) is 0 Å². The second kappa shape index (κ2) is 12.1. The minimum absolute atomic E-state index is 1.14. The molecule has 51 heavy (non-hydrogen) atoms. The molecule has 1 saturated carbocycles. The summed E-state index contributed by atoms with van der Waals surface area (Å²) in [7, 11) is 0. The van der Waals surface area contributed by atoms with Gasteiger partial charge in [0.2, 0.25) is 0 Å². The molecule has 0 amide bonds. The Hall–Kier alpha value is -5.92. The van der Waals surface area contributed by atoms with Gasteiger partial charge in [-0.25, -0.2) is 0 Å².